The first kappa shape index (κ1) is 18.2. The molecule has 0 saturated heterocycles. The molecule has 0 aliphatic rings. The zero-order chi connectivity index (χ0) is 17.5. The summed E-state index contributed by atoms with van der Waals surface area (Å²) in [6, 6.07) is 9.10. The van der Waals surface area contributed by atoms with Gasteiger partial charge in [-0.2, -0.15) is 0 Å². The number of aliphatic hydroxyl groups excluding tert-OH is 1. The van der Waals surface area contributed by atoms with Gasteiger partial charge in [0.15, 0.2) is 6.10 Å². The highest BCUT2D eigenvalue weighted by Gasteiger charge is 2.23. The normalized spacial score (nSPS) is 11.8. The van der Waals surface area contributed by atoms with Crippen LogP contribution >= 0.6 is 11.6 Å². The second kappa shape index (κ2) is 8.66. The Morgan fingerprint density at radius 3 is 2.88 bits per heavy atom. The van der Waals surface area contributed by atoms with Gasteiger partial charge in [-0.1, -0.05) is 23.7 Å². The summed E-state index contributed by atoms with van der Waals surface area (Å²) >= 11 is 6.12. The first-order valence-electron chi connectivity index (χ1n) is 7.72. The number of pyridine rings is 1. The highest BCUT2D eigenvalue weighted by molar-refractivity contribution is 6.32. The average molecular weight is 349 g/mol. The lowest BCUT2D eigenvalue weighted by Gasteiger charge is -2.25. The predicted octanol–water partition coefficient (Wildman–Crippen LogP) is 2.83. The van der Waals surface area contributed by atoms with Gasteiger partial charge in [0.1, 0.15) is 5.75 Å². The Morgan fingerprint density at radius 1 is 1.42 bits per heavy atom. The fraction of sp³-hybridized carbons (Fsp3) is 0.333. The van der Waals surface area contributed by atoms with Crippen LogP contribution in [0.4, 0.5) is 0 Å². The molecule has 1 unspecified atom stereocenters. The van der Waals surface area contributed by atoms with Crippen LogP contribution in [0, 0.1) is 6.92 Å². The lowest BCUT2D eigenvalue weighted by atomic mass is 10.2. The number of carbonyl (C=O) groups is 1. The number of aliphatic hydroxyl groups is 1. The lowest BCUT2D eigenvalue weighted by molar-refractivity contribution is -0.139. The van der Waals surface area contributed by atoms with E-state index in [4.69, 9.17) is 16.3 Å². The van der Waals surface area contributed by atoms with Crippen molar-refractivity contribution >= 4 is 17.5 Å². The molecule has 1 aromatic carbocycles. The van der Waals surface area contributed by atoms with E-state index < -0.39 is 6.10 Å². The summed E-state index contributed by atoms with van der Waals surface area (Å²) in [6.07, 6.45) is 2.65. The van der Waals surface area contributed by atoms with E-state index >= 15 is 0 Å². The number of halogens is 1. The van der Waals surface area contributed by atoms with Gasteiger partial charge in [0.25, 0.3) is 5.91 Å². The minimum absolute atomic E-state index is 0.121. The first-order valence-corrected chi connectivity index (χ1v) is 8.10. The minimum atomic E-state index is -0.715. The number of aryl methyl sites for hydroxylation is 1. The summed E-state index contributed by atoms with van der Waals surface area (Å²) in [5, 5.41) is 9.70. The molecule has 0 fully saturated rings. The number of amides is 1. The van der Waals surface area contributed by atoms with Crippen molar-refractivity contribution in [3.63, 3.8) is 0 Å². The van der Waals surface area contributed by atoms with Gasteiger partial charge in [0.05, 0.1) is 11.6 Å². The third-order valence-corrected chi connectivity index (χ3v) is 3.83. The number of ether oxygens (including phenoxy) is 1. The van der Waals surface area contributed by atoms with E-state index in [9.17, 15) is 9.90 Å². The van der Waals surface area contributed by atoms with Gasteiger partial charge >= 0.3 is 0 Å². The van der Waals surface area contributed by atoms with Crippen molar-refractivity contribution in [1.82, 2.24) is 9.88 Å². The maximum absolute atomic E-state index is 12.7. The highest BCUT2D eigenvalue weighted by atomic mass is 35.5. The molecule has 5 nitrogen and oxygen atoms in total. The Bertz CT molecular complexity index is 679. The van der Waals surface area contributed by atoms with E-state index in [-0.39, 0.29) is 19.1 Å². The summed E-state index contributed by atoms with van der Waals surface area (Å²) in [4.78, 5) is 18.3. The van der Waals surface area contributed by atoms with Gasteiger partial charge in [0, 0.05) is 25.5 Å². The van der Waals surface area contributed by atoms with Crippen LogP contribution in [-0.2, 0) is 11.3 Å². The van der Waals surface area contributed by atoms with Crippen LogP contribution in [0.3, 0.4) is 0 Å². The molecule has 0 saturated carbocycles. The molecule has 1 amide bonds. The molecule has 0 aliphatic carbocycles. The largest absolute Gasteiger partial charge is 0.479 e. The molecule has 0 aliphatic heterocycles. The summed E-state index contributed by atoms with van der Waals surface area (Å²) in [6.45, 7) is 4.07. The molecular formula is C18H21ClN2O3. The van der Waals surface area contributed by atoms with Crippen molar-refractivity contribution in [2.45, 2.75) is 26.5 Å². The van der Waals surface area contributed by atoms with Gasteiger partial charge in [-0.15, -0.1) is 0 Å². The number of benzene rings is 1. The Morgan fingerprint density at radius 2 is 2.21 bits per heavy atom. The summed E-state index contributed by atoms with van der Waals surface area (Å²) < 4.78 is 5.73. The molecule has 0 spiro atoms. The molecule has 1 heterocycles. The van der Waals surface area contributed by atoms with Gasteiger partial charge in [-0.05, 0) is 43.2 Å². The monoisotopic (exact) mass is 348 g/mol. The molecule has 1 aromatic heterocycles. The van der Waals surface area contributed by atoms with Crippen LogP contribution in [0.25, 0.3) is 0 Å². The van der Waals surface area contributed by atoms with E-state index in [1.165, 1.54) is 0 Å². The van der Waals surface area contributed by atoms with Crippen molar-refractivity contribution in [2.75, 3.05) is 13.2 Å². The smallest absolute Gasteiger partial charge is 0.263 e. The second-order valence-electron chi connectivity index (χ2n) is 5.54. The summed E-state index contributed by atoms with van der Waals surface area (Å²) in [7, 11) is 0. The molecule has 0 bridgehead atoms. The molecular weight excluding hydrogens is 328 g/mol. The number of hydrogen-bond acceptors (Lipinski definition) is 4. The van der Waals surface area contributed by atoms with Crippen molar-refractivity contribution in [3.05, 3.63) is 58.9 Å². The number of rotatable bonds is 7. The van der Waals surface area contributed by atoms with E-state index in [1.54, 1.807) is 36.4 Å². The van der Waals surface area contributed by atoms with Crippen molar-refractivity contribution in [1.29, 1.82) is 0 Å². The predicted molar refractivity (Wildman–Crippen MR) is 93.0 cm³/mol. The van der Waals surface area contributed by atoms with Crippen LogP contribution in [0.1, 0.15) is 18.1 Å². The van der Waals surface area contributed by atoms with Crippen LogP contribution in [0.2, 0.25) is 5.02 Å². The summed E-state index contributed by atoms with van der Waals surface area (Å²) in [5.74, 6) is 0.258. The molecule has 0 radical (unpaired) electrons. The van der Waals surface area contributed by atoms with E-state index in [0.717, 1.165) is 11.1 Å². The third kappa shape index (κ3) is 4.94. The number of hydrogen-bond donors (Lipinski definition) is 1. The zero-order valence-electron chi connectivity index (χ0n) is 13.8. The third-order valence-electron chi connectivity index (χ3n) is 3.52. The SMILES string of the molecule is Cc1ccc(Cl)c(OC(C)C(=O)N(CCO)Cc2cccnc2)c1. The van der Waals surface area contributed by atoms with Gasteiger partial charge in [-0.25, -0.2) is 0 Å². The van der Waals surface area contributed by atoms with E-state index in [1.807, 2.05) is 25.1 Å². The fourth-order valence-electron chi connectivity index (χ4n) is 2.30. The molecule has 1 N–H and O–H groups in total. The molecule has 128 valence electrons. The molecule has 2 rings (SSSR count). The molecule has 24 heavy (non-hydrogen) atoms. The van der Waals surface area contributed by atoms with Crippen LogP contribution in [-0.4, -0.2) is 40.2 Å². The van der Waals surface area contributed by atoms with Crippen molar-refractivity contribution in [2.24, 2.45) is 0 Å². The average Bonchev–Trinajstić information content (AvgIpc) is 2.58. The minimum Gasteiger partial charge on any atom is -0.479 e. The van der Waals surface area contributed by atoms with Crippen LogP contribution in [0.5, 0.6) is 5.75 Å². The quantitative estimate of drug-likeness (QED) is 0.835. The standard InChI is InChI=1S/C18H21ClN2O3/c1-13-5-6-16(19)17(10-13)24-14(2)18(23)21(8-9-22)12-15-4-3-7-20-11-15/h3-7,10-11,14,22H,8-9,12H2,1-2H3. The Kier molecular flexibility index (Phi) is 6.58. The number of aromatic nitrogens is 1. The molecule has 6 heteroatoms. The number of nitrogens with zero attached hydrogens (tertiary/aromatic N) is 2. The van der Waals surface area contributed by atoms with Gasteiger partial charge < -0.3 is 14.7 Å². The van der Waals surface area contributed by atoms with Crippen LogP contribution in [0.15, 0.2) is 42.7 Å². The Balaban J connectivity index is 2.09. The van der Waals surface area contributed by atoms with Gasteiger partial charge in [0.2, 0.25) is 0 Å². The molecule has 2 aromatic rings. The highest BCUT2D eigenvalue weighted by Crippen LogP contribution is 2.26. The van der Waals surface area contributed by atoms with Gasteiger partial charge in [-0.3, -0.25) is 9.78 Å². The van der Waals surface area contributed by atoms with Crippen molar-refractivity contribution in [3.8, 4) is 5.75 Å². The Labute approximate surface area is 146 Å². The Hall–Kier alpha value is -2.11. The fourth-order valence-corrected chi connectivity index (χ4v) is 2.46. The molecule has 1 atom stereocenters. The van der Waals surface area contributed by atoms with Crippen molar-refractivity contribution < 1.29 is 14.6 Å². The maximum atomic E-state index is 12.7. The lowest BCUT2D eigenvalue weighted by Crippen LogP contribution is -2.41. The second-order valence-corrected chi connectivity index (χ2v) is 5.95. The van der Waals surface area contributed by atoms with E-state index in [2.05, 4.69) is 4.98 Å². The summed E-state index contributed by atoms with van der Waals surface area (Å²) in [5.41, 5.74) is 1.89. The first-order chi connectivity index (χ1) is 11.5. The zero-order valence-corrected chi connectivity index (χ0v) is 14.5. The van der Waals surface area contributed by atoms with Crippen LogP contribution < -0.4 is 4.74 Å². The number of carbonyl (C=O) groups excluding carboxylic acids is 1. The maximum Gasteiger partial charge on any atom is 0.263 e. The van der Waals surface area contributed by atoms with E-state index in [0.29, 0.717) is 17.3 Å². The topological polar surface area (TPSA) is 62.7 Å².